The average Bonchev–Trinajstić information content (AvgIpc) is 3.20. The molecule has 2 aromatic rings. The van der Waals surface area contributed by atoms with Crippen molar-refractivity contribution in [2.24, 2.45) is 5.92 Å². The van der Waals surface area contributed by atoms with E-state index in [0.29, 0.717) is 49.0 Å². The standard InChI is InChI=1S/C23H24ClN3O4/c1-31-23(30)17-13-21(28)27(15-17)18-7-8-20(19(24)14-18)25-9-11-26(12-10-25)22(29)16-5-3-2-4-6-16/h2-8,14,17H,9-13,15H2,1H3/t17-/m0/s1. The van der Waals surface area contributed by atoms with Gasteiger partial charge in [-0.05, 0) is 30.3 Å². The summed E-state index contributed by atoms with van der Waals surface area (Å²) in [5, 5.41) is 0.537. The van der Waals surface area contributed by atoms with Crippen molar-refractivity contribution in [1.29, 1.82) is 0 Å². The Morgan fingerprint density at radius 2 is 1.74 bits per heavy atom. The van der Waals surface area contributed by atoms with Gasteiger partial charge < -0.3 is 19.4 Å². The lowest BCUT2D eigenvalue weighted by molar-refractivity contribution is -0.145. The number of methoxy groups -OCH3 is 1. The molecule has 2 heterocycles. The molecule has 0 bridgehead atoms. The highest BCUT2D eigenvalue weighted by Crippen LogP contribution is 2.34. The number of anilines is 2. The van der Waals surface area contributed by atoms with Gasteiger partial charge in [-0.3, -0.25) is 14.4 Å². The van der Waals surface area contributed by atoms with Crippen molar-refractivity contribution in [3.63, 3.8) is 0 Å². The summed E-state index contributed by atoms with van der Waals surface area (Å²) >= 11 is 6.56. The number of amides is 2. The molecule has 1 atom stereocenters. The molecule has 2 aliphatic heterocycles. The van der Waals surface area contributed by atoms with E-state index >= 15 is 0 Å². The summed E-state index contributed by atoms with van der Waals surface area (Å²) < 4.78 is 4.76. The minimum Gasteiger partial charge on any atom is -0.469 e. The van der Waals surface area contributed by atoms with Gasteiger partial charge in [-0.2, -0.15) is 0 Å². The minimum atomic E-state index is -0.453. The summed E-state index contributed by atoms with van der Waals surface area (Å²) in [7, 11) is 1.33. The van der Waals surface area contributed by atoms with E-state index < -0.39 is 5.92 Å². The Bertz CT molecular complexity index is 990. The molecule has 0 N–H and O–H groups in total. The minimum absolute atomic E-state index is 0.0365. The molecule has 0 radical (unpaired) electrons. The summed E-state index contributed by atoms with van der Waals surface area (Å²) in [6.07, 6.45) is 0.142. The number of nitrogens with zero attached hydrogens (tertiary/aromatic N) is 3. The van der Waals surface area contributed by atoms with Gasteiger partial charge in [0, 0.05) is 50.4 Å². The SMILES string of the molecule is COC(=O)[C@H]1CC(=O)N(c2ccc(N3CCN(C(=O)c4ccccc4)CC3)c(Cl)c2)C1. The highest BCUT2D eigenvalue weighted by atomic mass is 35.5. The van der Waals surface area contributed by atoms with Crippen molar-refractivity contribution in [3.8, 4) is 0 Å². The lowest BCUT2D eigenvalue weighted by Crippen LogP contribution is -2.48. The molecular weight excluding hydrogens is 418 g/mol. The van der Waals surface area contributed by atoms with Crippen LogP contribution in [0.3, 0.4) is 0 Å². The third-order valence-corrected chi connectivity index (χ3v) is 6.13. The number of ether oxygens (including phenoxy) is 1. The normalized spacial score (nSPS) is 19.0. The van der Waals surface area contributed by atoms with Gasteiger partial charge in [0.1, 0.15) is 0 Å². The van der Waals surface area contributed by atoms with Gasteiger partial charge >= 0.3 is 5.97 Å². The topological polar surface area (TPSA) is 70.2 Å². The van der Waals surface area contributed by atoms with Gasteiger partial charge in [0.25, 0.3) is 5.91 Å². The maximum Gasteiger partial charge on any atom is 0.311 e. The van der Waals surface area contributed by atoms with Crippen molar-refractivity contribution in [1.82, 2.24) is 4.90 Å². The number of carbonyl (C=O) groups excluding carboxylic acids is 3. The fraction of sp³-hybridized carbons (Fsp3) is 0.348. The van der Waals surface area contributed by atoms with Gasteiger partial charge in [-0.25, -0.2) is 0 Å². The second kappa shape index (κ2) is 8.98. The number of rotatable bonds is 4. The van der Waals surface area contributed by atoms with Gasteiger partial charge in [0.15, 0.2) is 0 Å². The second-order valence-corrected chi connectivity index (χ2v) is 8.12. The van der Waals surface area contributed by atoms with Crippen LogP contribution in [-0.2, 0) is 14.3 Å². The smallest absolute Gasteiger partial charge is 0.311 e. The zero-order valence-corrected chi connectivity index (χ0v) is 18.0. The highest BCUT2D eigenvalue weighted by Gasteiger charge is 2.36. The summed E-state index contributed by atoms with van der Waals surface area (Å²) in [4.78, 5) is 42.3. The predicted octanol–water partition coefficient (Wildman–Crippen LogP) is 2.83. The molecule has 0 aliphatic carbocycles. The van der Waals surface area contributed by atoms with Gasteiger partial charge in [0.2, 0.25) is 5.91 Å². The van der Waals surface area contributed by atoms with E-state index in [4.69, 9.17) is 16.3 Å². The van der Waals surface area contributed by atoms with Crippen molar-refractivity contribution >= 4 is 40.8 Å². The molecule has 2 aromatic carbocycles. The first-order chi connectivity index (χ1) is 15.0. The molecule has 0 saturated carbocycles. The summed E-state index contributed by atoms with van der Waals surface area (Å²) in [5.74, 6) is -0.908. The zero-order valence-electron chi connectivity index (χ0n) is 17.3. The van der Waals surface area contributed by atoms with Crippen molar-refractivity contribution < 1.29 is 19.1 Å². The molecule has 0 aromatic heterocycles. The first kappa shape index (κ1) is 21.2. The fourth-order valence-electron chi connectivity index (χ4n) is 4.12. The van der Waals surface area contributed by atoms with Gasteiger partial charge in [0.05, 0.1) is 23.7 Å². The third kappa shape index (κ3) is 4.37. The molecular formula is C23H24ClN3O4. The number of benzene rings is 2. The first-order valence-electron chi connectivity index (χ1n) is 10.2. The molecule has 2 fully saturated rings. The molecule has 7 nitrogen and oxygen atoms in total. The van der Waals surface area contributed by atoms with E-state index in [1.807, 2.05) is 47.4 Å². The lowest BCUT2D eigenvalue weighted by atomic mass is 10.1. The molecule has 2 aliphatic rings. The Kier molecular flexibility index (Phi) is 6.13. The number of hydrogen-bond donors (Lipinski definition) is 0. The molecule has 31 heavy (non-hydrogen) atoms. The first-order valence-corrected chi connectivity index (χ1v) is 10.6. The quantitative estimate of drug-likeness (QED) is 0.682. The van der Waals surface area contributed by atoms with E-state index in [0.717, 1.165) is 5.69 Å². The van der Waals surface area contributed by atoms with E-state index in [9.17, 15) is 14.4 Å². The van der Waals surface area contributed by atoms with Crippen LogP contribution in [0.1, 0.15) is 16.8 Å². The maximum atomic E-state index is 12.6. The van der Waals surface area contributed by atoms with Crippen LogP contribution in [0.4, 0.5) is 11.4 Å². The molecule has 0 spiro atoms. The van der Waals surface area contributed by atoms with Crippen LogP contribution in [-0.4, -0.2) is 62.5 Å². The highest BCUT2D eigenvalue weighted by molar-refractivity contribution is 6.33. The fourth-order valence-corrected chi connectivity index (χ4v) is 4.41. The zero-order chi connectivity index (χ0) is 22.0. The number of hydrogen-bond acceptors (Lipinski definition) is 5. The van der Waals surface area contributed by atoms with E-state index in [1.54, 1.807) is 11.0 Å². The Balaban J connectivity index is 1.41. The number of esters is 1. The number of piperazine rings is 1. The number of carbonyl (C=O) groups is 3. The van der Waals surface area contributed by atoms with Crippen LogP contribution in [0.2, 0.25) is 5.02 Å². The van der Waals surface area contributed by atoms with Crippen LogP contribution in [0, 0.1) is 5.92 Å². The maximum absolute atomic E-state index is 12.6. The molecule has 8 heteroatoms. The molecule has 2 saturated heterocycles. The lowest BCUT2D eigenvalue weighted by Gasteiger charge is -2.36. The predicted molar refractivity (Wildman–Crippen MR) is 118 cm³/mol. The Morgan fingerprint density at radius 1 is 1.03 bits per heavy atom. The largest absolute Gasteiger partial charge is 0.469 e. The molecule has 162 valence electrons. The van der Waals surface area contributed by atoms with E-state index in [-0.39, 0.29) is 24.2 Å². The van der Waals surface area contributed by atoms with Crippen molar-refractivity contribution in [2.45, 2.75) is 6.42 Å². The van der Waals surface area contributed by atoms with Crippen molar-refractivity contribution in [2.75, 3.05) is 49.6 Å². The van der Waals surface area contributed by atoms with E-state index in [1.165, 1.54) is 7.11 Å². The Hall–Kier alpha value is -3.06. The van der Waals surface area contributed by atoms with Gasteiger partial charge in [-0.15, -0.1) is 0 Å². The number of halogens is 1. The molecule has 0 unspecified atom stereocenters. The Labute approximate surface area is 186 Å². The summed E-state index contributed by atoms with van der Waals surface area (Å²) in [5.41, 5.74) is 2.23. The van der Waals surface area contributed by atoms with Crippen LogP contribution >= 0.6 is 11.6 Å². The van der Waals surface area contributed by atoms with Crippen LogP contribution in [0.5, 0.6) is 0 Å². The van der Waals surface area contributed by atoms with E-state index in [2.05, 4.69) is 4.90 Å². The Morgan fingerprint density at radius 3 is 2.39 bits per heavy atom. The second-order valence-electron chi connectivity index (χ2n) is 7.71. The molecule has 4 rings (SSSR count). The van der Waals surface area contributed by atoms with Crippen LogP contribution in [0.15, 0.2) is 48.5 Å². The van der Waals surface area contributed by atoms with Crippen LogP contribution < -0.4 is 9.80 Å². The molecule has 2 amide bonds. The summed E-state index contributed by atoms with van der Waals surface area (Å²) in [6.45, 7) is 2.85. The summed E-state index contributed by atoms with van der Waals surface area (Å²) in [6, 6.07) is 14.8. The van der Waals surface area contributed by atoms with Crippen molar-refractivity contribution in [3.05, 3.63) is 59.1 Å². The third-order valence-electron chi connectivity index (χ3n) is 5.83. The monoisotopic (exact) mass is 441 g/mol. The van der Waals surface area contributed by atoms with Crippen LogP contribution in [0.25, 0.3) is 0 Å². The average molecular weight is 442 g/mol. The van der Waals surface area contributed by atoms with Gasteiger partial charge in [-0.1, -0.05) is 29.8 Å².